The van der Waals surface area contributed by atoms with Crippen LogP contribution in [-0.4, -0.2) is 29.2 Å². The third kappa shape index (κ3) is 2.38. The average Bonchev–Trinajstić information content (AvgIpc) is 2.15. The van der Waals surface area contributed by atoms with Crippen LogP contribution in [0.4, 0.5) is 0 Å². The summed E-state index contributed by atoms with van der Waals surface area (Å²) in [6.45, 7) is 1.16. The topological polar surface area (TPSA) is 47.3 Å². The summed E-state index contributed by atoms with van der Waals surface area (Å²) in [5, 5.41) is 17.4. The minimum Gasteiger partial charge on any atom is -0.396 e. The number of nitriles is 1. The number of aliphatic hydroxyl groups excluding tert-OH is 1. The quantitative estimate of drug-likeness (QED) is 0.642. The van der Waals surface area contributed by atoms with Crippen molar-refractivity contribution in [1.82, 2.24) is 4.90 Å². The van der Waals surface area contributed by atoms with E-state index in [4.69, 9.17) is 10.4 Å². The van der Waals surface area contributed by atoms with Crippen LogP contribution in [0.15, 0.2) is 0 Å². The van der Waals surface area contributed by atoms with Gasteiger partial charge in [0.05, 0.1) is 0 Å². The minimum absolute atomic E-state index is 0.246. The lowest BCUT2D eigenvalue weighted by Gasteiger charge is -2.31. The fraction of sp³-hybridized carbons (Fsp3) is 0.889. The Bertz CT molecular complexity index is 164. The maximum atomic E-state index is 8.77. The Kier molecular flexibility index (Phi) is 3.89. The van der Waals surface area contributed by atoms with Crippen LogP contribution < -0.4 is 0 Å². The Morgan fingerprint density at radius 1 is 1.50 bits per heavy atom. The van der Waals surface area contributed by atoms with Crippen molar-refractivity contribution in [2.75, 3.05) is 13.2 Å². The molecule has 1 aliphatic rings. The predicted molar refractivity (Wildman–Crippen MR) is 46.3 cm³/mol. The highest BCUT2D eigenvalue weighted by Gasteiger charge is 2.19. The van der Waals surface area contributed by atoms with E-state index in [1.54, 1.807) is 0 Å². The summed E-state index contributed by atoms with van der Waals surface area (Å²) in [7, 11) is 0. The molecule has 0 aromatic heterocycles. The summed E-state index contributed by atoms with van der Waals surface area (Å²) < 4.78 is 0. The Morgan fingerprint density at radius 2 is 2.33 bits per heavy atom. The monoisotopic (exact) mass is 168 g/mol. The molecule has 0 saturated carbocycles. The van der Waals surface area contributed by atoms with Crippen molar-refractivity contribution in [1.29, 1.82) is 5.26 Å². The third-order valence-corrected chi connectivity index (χ3v) is 2.45. The van der Waals surface area contributed by atoms with Gasteiger partial charge in [0.1, 0.15) is 0 Å². The van der Waals surface area contributed by atoms with Gasteiger partial charge in [0.2, 0.25) is 0 Å². The van der Waals surface area contributed by atoms with Gasteiger partial charge in [-0.2, -0.15) is 5.26 Å². The summed E-state index contributed by atoms with van der Waals surface area (Å²) in [6.07, 6.45) is 7.49. The molecule has 1 rings (SSSR count). The van der Waals surface area contributed by atoms with Crippen LogP contribution in [0.5, 0.6) is 0 Å². The third-order valence-electron chi connectivity index (χ3n) is 2.45. The Labute approximate surface area is 73.6 Å². The molecule has 0 bridgehead atoms. The first-order valence-corrected chi connectivity index (χ1v) is 4.65. The zero-order chi connectivity index (χ0) is 8.81. The van der Waals surface area contributed by atoms with Crippen LogP contribution in [-0.2, 0) is 0 Å². The highest BCUT2D eigenvalue weighted by molar-refractivity contribution is 4.85. The van der Waals surface area contributed by atoms with Crippen molar-refractivity contribution in [3.63, 3.8) is 0 Å². The van der Waals surface area contributed by atoms with Gasteiger partial charge in [0, 0.05) is 19.2 Å². The van der Waals surface area contributed by atoms with Gasteiger partial charge >= 0.3 is 0 Å². The van der Waals surface area contributed by atoms with Crippen LogP contribution in [0.3, 0.4) is 0 Å². The first-order chi connectivity index (χ1) is 5.88. The van der Waals surface area contributed by atoms with Gasteiger partial charge in [-0.05, 0) is 32.1 Å². The molecule has 0 amide bonds. The van der Waals surface area contributed by atoms with Crippen LogP contribution in [0.1, 0.15) is 32.1 Å². The van der Waals surface area contributed by atoms with Crippen molar-refractivity contribution in [3.8, 4) is 6.19 Å². The van der Waals surface area contributed by atoms with E-state index in [2.05, 4.69) is 6.19 Å². The molecule has 3 heteroatoms. The molecule has 0 spiro atoms. The standard InChI is InChI=1S/C9H16N2O/c10-8-11-6-2-1-4-9(11)5-3-7-12/h9,12H,1-7H2. The first-order valence-electron chi connectivity index (χ1n) is 4.65. The highest BCUT2D eigenvalue weighted by atomic mass is 16.2. The molecule has 1 heterocycles. The summed E-state index contributed by atoms with van der Waals surface area (Å²) in [5.74, 6) is 0. The number of nitrogens with zero attached hydrogens (tertiary/aromatic N) is 2. The number of rotatable bonds is 3. The molecular formula is C9H16N2O. The fourth-order valence-electron chi connectivity index (χ4n) is 1.76. The molecule has 1 atom stereocenters. The summed E-state index contributed by atoms with van der Waals surface area (Å²) >= 11 is 0. The fourth-order valence-corrected chi connectivity index (χ4v) is 1.76. The molecule has 1 aliphatic heterocycles. The van der Waals surface area contributed by atoms with Crippen LogP contribution >= 0.6 is 0 Å². The van der Waals surface area contributed by atoms with Crippen molar-refractivity contribution in [2.24, 2.45) is 0 Å². The van der Waals surface area contributed by atoms with E-state index in [9.17, 15) is 0 Å². The molecule has 1 unspecified atom stereocenters. The van der Waals surface area contributed by atoms with Crippen molar-refractivity contribution in [2.45, 2.75) is 38.1 Å². The number of likely N-dealkylation sites (tertiary alicyclic amines) is 1. The van der Waals surface area contributed by atoms with Crippen LogP contribution in [0, 0.1) is 11.5 Å². The van der Waals surface area contributed by atoms with Gasteiger partial charge in [-0.3, -0.25) is 0 Å². The molecule has 0 aliphatic carbocycles. The number of piperidine rings is 1. The van der Waals surface area contributed by atoms with Crippen molar-refractivity contribution >= 4 is 0 Å². The van der Waals surface area contributed by atoms with Crippen LogP contribution in [0.25, 0.3) is 0 Å². The van der Waals surface area contributed by atoms with Crippen LogP contribution in [0.2, 0.25) is 0 Å². The number of hydrogen-bond acceptors (Lipinski definition) is 3. The molecule has 0 aromatic rings. The lowest BCUT2D eigenvalue weighted by atomic mass is 9.99. The van der Waals surface area contributed by atoms with Crippen molar-refractivity contribution < 1.29 is 5.11 Å². The normalized spacial score (nSPS) is 23.7. The summed E-state index contributed by atoms with van der Waals surface area (Å²) in [6, 6.07) is 0.399. The molecule has 1 N–H and O–H groups in total. The molecule has 3 nitrogen and oxygen atoms in total. The molecule has 1 fully saturated rings. The second-order valence-corrected chi connectivity index (χ2v) is 3.31. The van der Waals surface area contributed by atoms with E-state index >= 15 is 0 Å². The zero-order valence-electron chi connectivity index (χ0n) is 7.37. The van der Waals surface area contributed by atoms with E-state index in [0.717, 1.165) is 32.2 Å². The maximum absolute atomic E-state index is 8.77. The number of hydrogen-bond donors (Lipinski definition) is 1. The SMILES string of the molecule is N#CN1CCCCC1CCCO. The smallest absolute Gasteiger partial charge is 0.179 e. The van der Waals surface area contributed by atoms with Gasteiger partial charge in [0.15, 0.2) is 6.19 Å². The first kappa shape index (κ1) is 9.34. The van der Waals surface area contributed by atoms with Gasteiger partial charge in [-0.15, -0.1) is 0 Å². The lowest BCUT2D eigenvalue weighted by Crippen LogP contribution is -2.35. The van der Waals surface area contributed by atoms with Crippen molar-refractivity contribution in [3.05, 3.63) is 0 Å². The number of aliphatic hydroxyl groups is 1. The Morgan fingerprint density at radius 3 is 3.00 bits per heavy atom. The molecular weight excluding hydrogens is 152 g/mol. The summed E-state index contributed by atoms with van der Waals surface area (Å²) in [5.41, 5.74) is 0. The highest BCUT2D eigenvalue weighted by Crippen LogP contribution is 2.19. The minimum atomic E-state index is 0.246. The predicted octanol–water partition coefficient (Wildman–Crippen LogP) is 1.09. The Hall–Kier alpha value is -0.750. The van der Waals surface area contributed by atoms with Gasteiger partial charge in [0.25, 0.3) is 0 Å². The van der Waals surface area contributed by atoms with E-state index in [0.29, 0.717) is 6.04 Å². The van der Waals surface area contributed by atoms with E-state index < -0.39 is 0 Å². The van der Waals surface area contributed by atoms with Gasteiger partial charge in [-0.1, -0.05) is 0 Å². The van der Waals surface area contributed by atoms with Gasteiger partial charge in [-0.25, -0.2) is 0 Å². The molecule has 68 valence electrons. The molecule has 12 heavy (non-hydrogen) atoms. The molecule has 0 aromatic carbocycles. The molecule has 0 radical (unpaired) electrons. The second kappa shape index (κ2) is 5.00. The zero-order valence-corrected chi connectivity index (χ0v) is 7.37. The van der Waals surface area contributed by atoms with E-state index in [-0.39, 0.29) is 6.61 Å². The van der Waals surface area contributed by atoms with E-state index in [1.165, 1.54) is 6.42 Å². The maximum Gasteiger partial charge on any atom is 0.179 e. The summed E-state index contributed by atoms with van der Waals surface area (Å²) in [4.78, 5) is 1.86. The van der Waals surface area contributed by atoms with E-state index in [1.807, 2.05) is 4.90 Å². The van der Waals surface area contributed by atoms with Gasteiger partial charge < -0.3 is 10.0 Å². The average molecular weight is 168 g/mol. The Balaban J connectivity index is 2.32. The molecule has 1 saturated heterocycles. The largest absolute Gasteiger partial charge is 0.396 e. The lowest BCUT2D eigenvalue weighted by molar-refractivity contribution is 0.193. The second-order valence-electron chi connectivity index (χ2n) is 3.31.